The van der Waals surface area contributed by atoms with Crippen LogP contribution in [0.1, 0.15) is 42.2 Å². The van der Waals surface area contributed by atoms with E-state index >= 15 is 0 Å². The number of pyridine rings is 1. The maximum absolute atomic E-state index is 12.4. The summed E-state index contributed by atoms with van der Waals surface area (Å²) in [6.07, 6.45) is 4.23. The van der Waals surface area contributed by atoms with Crippen molar-refractivity contribution in [2.45, 2.75) is 38.7 Å². The lowest BCUT2D eigenvalue weighted by atomic mass is 10.1. The molecular weight excluding hydrogens is 276 g/mol. The number of hydrogen-bond donors (Lipinski definition) is 0. The molecule has 1 saturated heterocycles. The van der Waals surface area contributed by atoms with E-state index in [0.29, 0.717) is 17.3 Å². The molecule has 1 aromatic rings. The molecule has 0 spiro atoms. The molecule has 0 aromatic carbocycles. The smallest absolute Gasteiger partial charge is 0.253 e. The Kier molecular flexibility index (Phi) is 5.38. The summed E-state index contributed by atoms with van der Waals surface area (Å²) in [7, 11) is 1.81. The van der Waals surface area contributed by atoms with Crippen molar-refractivity contribution in [3.63, 3.8) is 0 Å². The maximum atomic E-state index is 12.4. The van der Waals surface area contributed by atoms with Gasteiger partial charge in [0.25, 0.3) is 5.91 Å². The van der Waals surface area contributed by atoms with Crippen LogP contribution in [0.5, 0.6) is 0 Å². The van der Waals surface area contributed by atoms with Crippen LogP contribution in [0.2, 0.25) is 5.15 Å². The van der Waals surface area contributed by atoms with Crippen molar-refractivity contribution < 1.29 is 9.53 Å². The zero-order valence-corrected chi connectivity index (χ0v) is 12.8. The Morgan fingerprint density at radius 3 is 2.95 bits per heavy atom. The van der Waals surface area contributed by atoms with Gasteiger partial charge in [0.1, 0.15) is 5.15 Å². The van der Waals surface area contributed by atoms with E-state index in [0.717, 1.165) is 31.6 Å². The molecule has 2 rings (SSSR count). The first-order valence-corrected chi connectivity index (χ1v) is 7.51. The summed E-state index contributed by atoms with van der Waals surface area (Å²) >= 11 is 5.96. The summed E-state index contributed by atoms with van der Waals surface area (Å²) in [6, 6.07) is 3.44. The Morgan fingerprint density at radius 2 is 2.30 bits per heavy atom. The third-order valence-electron chi connectivity index (χ3n) is 3.55. The van der Waals surface area contributed by atoms with Crippen LogP contribution in [0.4, 0.5) is 0 Å². The highest BCUT2D eigenvalue weighted by Gasteiger charge is 2.20. The Labute approximate surface area is 125 Å². The summed E-state index contributed by atoms with van der Waals surface area (Å²) in [5.74, 6) is -0.0295. The van der Waals surface area contributed by atoms with Crippen LogP contribution in [0, 0.1) is 0 Å². The fraction of sp³-hybridized carbons (Fsp3) is 0.600. The second kappa shape index (κ2) is 7.04. The average molecular weight is 297 g/mol. The average Bonchev–Trinajstić information content (AvgIpc) is 2.46. The van der Waals surface area contributed by atoms with Gasteiger partial charge in [0.15, 0.2) is 0 Å². The lowest BCUT2D eigenvalue weighted by Crippen LogP contribution is -2.37. The number of amides is 1. The number of likely N-dealkylation sites (N-methyl/N-ethyl adjacent to an activating group) is 1. The van der Waals surface area contributed by atoms with Crippen molar-refractivity contribution in [1.82, 2.24) is 9.88 Å². The van der Waals surface area contributed by atoms with Crippen LogP contribution in [-0.4, -0.2) is 42.1 Å². The van der Waals surface area contributed by atoms with E-state index in [4.69, 9.17) is 16.3 Å². The SMILES string of the molecule is CCc1cc(C(=O)N(C)CC2CCCCO2)cc(Cl)n1. The van der Waals surface area contributed by atoms with Gasteiger partial charge in [-0.15, -0.1) is 0 Å². The van der Waals surface area contributed by atoms with E-state index in [1.165, 1.54) is 6.42 Å². The van der Waals surface area contributed by atoms with Gasteiger partial charge in [-0.1, -0.05) is 18.5 Å². The predicted octanol–water partition coefficient (Wildman–Crippen LogP) is 2.94. The van der Waals surface area contributed by atoms with Gasteiger partial charge in [-0.2, -0.15) is 0 Å². The molecule has 5 heteroatoms. The van der Waals surface area contributed by atoms with Gasteiger partial charge in [0.05, 0.1) is 6.10 Å². The third kappa shape index (κ3) is 3.93. The van der Waals surface area contributed by atoms with Gasteiger partial charge >= 0.3 is 0 Å². The molecular formula is C15H21ClN2O2. The Morgan fingerprint density at radius 1 is 1.50 bits per heavy atom. The molecule has 4 nitrogen and oxygen atoms in total. The standard InChI is InChI=1S/C15H21ClN2O2/c1-3-12-8-11(9-14(16)17-12)15(19)18(2)10-13-6-4-5-7-20-13/h8-9,13H,3-7,10H2,1-2H3. The quantitative estimate of drug-likeness (QED) is 0.802. The van der Waals surface area contributed by atoms with Crippen LogP contribution in [0.15, 0.2) is 12.1 Å². The minimum atomic E-state index is -0.0295. The van der Waals surface area contributed by atoms with E-state index in [2.05, 4.69) is 4.98 Å². The molecule has 1 aliphatic heterocycles. The molecule has 1 atom stereocenters. The Bertz CT molecular complexity index is 473. The second-order valence-electron chi connectivity index (χ2n) is 5.20. The van der Waals surface area contributed by atoms with E-state index in [1.54, 1.807) is 18.0 Å². The van der Waals surface area contributed by atoms with Crippen molar-refractivity contribution >= 4 is 17.5 Å². The van der Waals surface area contributed by atoms with Crippen LogP contribution in [0.3, 0.4) is 0 Å². The number of aryl methyl sites for hydroxylation is 1. The molecule has 0 radical (unpaired) electrons. The van der Waals surface area contributed by atoms with Crippen LogP contribution in [-0.2, 0) is 11.2 Å². The zero-order chi connectivity index (χ0) is 14.5. The van der Waals surface area contributed by atoms with Crippen molar-refractivity contribution in [2.75, 3.05) is 20.2 Å². The summed E-state index contributed by atoms with van der Waals surface area (Å²) in [6.45, 7) is 3.42. The summed E-state index contributed by atoms with van der Waals surface area (Å²) < 4.78 is 5.67. The highest BCUT2D eigenvalue weighted by Crippen LogP contribution is 2.16. The van der Waals surface area contributed by atoms with Crippen LogP contribution < -0.4 is 0 Å². The summed E-state index contributed by atoms with van der Waals surface area (Å²) in [5, 5.41) is 0.370. The molecule has 0 saturated carbocycles. The molecule has 1 aliphatic rings. The van der Waals surface area contributed by atoms with Gasteiger partial charge < -0.3 is 9.64 Å². The number of rotatable bonds is 4. The Hall–Kier alpha value is -1.13. The second-order valence-corrected chi connectivity index (χ2v) is 5.58. The first kappa shape index (κ1) is 15.3. The van der Waals surface area contributed by atoms with Gasteiger partial charge in [-0.25, -0.2) is 4.98 Å². The topological polar surface area (TPSA) is 42.4 Å². The number of ether oxygens (including phenoxy) is 1. The minimum absolute atomic E-state index is 0.0295. The van der Waals surface area contributed by atoms with Crippen molar-refractivity contribution in [2.24, 2.45) is 0 Å². The zero-order valence-electron chi connectivity index (χ0n) is 12.1. The third-order valence-corrected chi connectivity index (χ3v) is 3.75. The lowest BCUT2D eigenvalue weighted by molar-refractivity contribution is -0.000190. The van der Waals surface area contributed by atoms with Gasteiger partial charge in [-0.3, -0.25) is 4.79 Å². The highest BCUT2D eigenvalue weighted by molar-refractivity contribution is 6.29. The molecule has 1 unspecified atom stereocenters. The van der Waals surface area contributed by atoms with Gasteiger partial charge in [0.2, 0.25) is 0 Å². The number of hydrogen-bond acceptors (Lipinski definition) is 3. The predicted molar refractivity (Wildman–Crippen MR) is 79.2 cm³/mol. The largest absolute Gasteiger partial charge is 0.376 e. The summed E-state index contributed by atoms with van der Waals surface area (Å²) in [4.78, 5) is 18.3. The number of halogens is 1. The highest BCUT2D eigenvalue weighted by atomic mass is 35.5. The first-order chi connectivity index (χ1) is 9.60. The molecule has 0 bridgehead atoms. The van der Waals surface area contributed by atoms with Crippen molar-refractivity contribution in [3.05, 3.63) is 28.5 Å². The monoisotopic (exact) mass is 296 g/mol. The first-order valence-electron chi connectivity index (χ1n) is 7.13. The molecule has 1 fully saturated rings. The minimum Gasteiger partial charge on any atom is -0.376 e. The molecule has 0 N–H and O–H groups in total. The molecule has 1 amide bonds. The van der Waals surface area contributed by atoms with E-state index in [1.807, 2.05) is 13.0 Å². The van der Waals surface area contributed by atoms with E-state index < -0.39 is 0 Å². The summed E-state index contributed by atoms with van der Waals surface area (Å²) in [5.41, 5.74) is 1.43. The van der Waals surface area contributed by atoms with Crippen molar-refractivity contribution in [1.29, 1.82) is 0 Å². The van der Waals surface area contributed by atoms with Gasteiger partial charge in [0, 0.05) is 31.5 Å². The Balaban J connectivity index is 2.03. The van der Waals surface area contributed by atoms with E-state index in [9.17, 15) is 4.79 Å². The molecule has 1 aromatic heterocycles. The van der Waals surface area contributed by atoms with Gasteiger partial charge in [-0.05, 0) is 37.8 Å². The number of carbonyl (C=O) groups excluding carboxylic acids is 1. The van der Waals surface area contributed by atoms with E-state index in [-0.39, 0.29) is 12.0 Å². The van der Waals surface area contributed by atoms with Crippen LogP contribution >= 0.6 is 11.6 Å². The number of carbonyl (C=O) groups is 1. The molecule has 2 heterocycles. The van der Waals surface area contributed by atoms with Crippen LogP contribution in [0.25, 0.3) is 0 Å². The maximum Gasteiger partial charge on any atom is 0.253 e. The lowest BCUT2D eigenvalue weighted by Gasteiger charge is -2.27. The molecule has 20 heavy (non-hydrogen) atoms. The van der Waals surface area contributed by atoms with Crippen molar-refractivity contribution in [3.8, 4) is 0 Å². The number of aromatic nitrogens is 1. The fourth-order valence-electron chi connectivity index (χ4n) is 2.42. The number of nitrogens with zero attached hydrogens (tertiary/aromatic N) is 2. The normalized spacial score (nSPS) is 18.9. The fourth-order valence-corrected chi connectivity index (χ4v) is 2.64. The molecule has 110 valence electrons. The molecule has 0 aliphatic carbocycles.